The van der Waals surface area contributed by atoms with Crippen LogP contribution in [0.15, 0.2) is 42.5 Å². The number of nitrogens with zero attached hydrogens (tertiary/aromatic N) is 1. The molecule has 1 unspecified atom stereocenters. The van der Waals surface area contributed by atoms with Gasteiger partial charge in [-0.05, 0) is 56.0 Å². The lowest BCUT2D eigenvalue weighted by atomic mass is 9.88. The van der Waals surface area contributed by atoms with Crippen molar-refractivity contribution in [3.63, 3.8) is 0 Å². The van der Waals surface area contributed by atoms with Crippen LogP contribution in [0.2, 0.25) is 0 Å². The predicted molar refractivity (Wildman–Crippen MR) is 120 cm³/mol. The van der Waals surface area contributed by atoms with E-state index in [2.05, 4.69) is 5.32 Å². The quantitative estimate of drug-likeness (QED) is 0.721. The molecule has 1 spiro atoms. The number of halogens is 1. The second-order valence-corrected chi connectivity index (χ2v) is 8.51. The molecule has 8 heteroatoms. The third-order valence-electron chi connectivity index (χ3n) is 6.55. The number of hydrogen-bond acceptors (Lipinski definition) is 5. The molecule has 2 aromatic rings. The highest BCUT2D eigenvalue weighted by atomic mass is 19.1. The third-order valence-corrected chi connectivity index (χ3v) is 6.55. The Kier molecular flexibility index (Phi) is 6.83. The van der Waals surface area contributed by atoms with Gasteiger partial charge in [0.1, 0.15) is 17.3 Å². The number of amides is 2. The monoisotopic (exact) mass is 456 g/mol. The van der Waals surface area contributed by atoms with Gasteiger partial charge in [0.25, 0.3) is 11.8 Å². The molecule has 2 saturated heterocycles. The van der Waals surface area contributed by atoms with Crippen molar-refractivity contribution in [3.05, 3.63) is 59.4 Å². The number of nitrogens with one attached hydrogen (secondary N) is 1. The molecule has 176 valence electrons. The summed E-state index contributed by atoms with van der Waals surface area (Å²) in [6.07, 6.45) is 3.01. The van der Waals surface area contributed by atoms with E-state index in [-0.39, 0.29) is 23.2 Å². The Morgan fingerprint density at radius 3 is 2.55 bits per heavy atom. The second-order valence-electron chi connectivity index (χ2n) is 8.51. The molecular formula is C25H29FN2O5. The Bertz CT molecular complexity index is 1020. The molecule has 2 fully saturated rings. The summed E-state index contributed by atoms with van der Waals surface area (Å²) >= 11 is 0. The number of hydrogen-bond donors (Lipinski definition) is 1. The van der Waals surface area contributed by atoms with Gasteiger partial charge >= 0.3 is 0 Å². The van der Waals surface area contributed by atoms with Crippen LogP contribution in [0.4, 0.5) is 4.39 Å². The minimum atomic E-state index is -0.538. The van der Waals surface area contributed by atoms with Crippen LogP contribution in [-0.2, 0) is 4.74 Å². The molecule has 2 aromatic carbocycles. The SMILES string of the molecule is COc1ccc(OC)c(C(=O)N2CCC3(CCC(CNC(=O)c4ccccc4F)O3)CC2)c1. The molecule has 1 N–H and O–H groups in total. The number of carbonyl (C=O) groups is 2. The highest BCUT2D eigenvalue weighted by Crippen LogP contribution is 2.39. The zero-order valence-corrected chi connectivity index (χ0v) is 18.9. The first-order chi connectivity index (χ1) is 15.9. The molecule has 2 amide bonds. The van der Waals surface area contributed by atoms with Crippen LogP contribution in [0.3, 0.4) is 0 Å². The van der Waals surface area contributed by atoms with Gasteiger partial charge in [-0.3, -0.25) is 9.59 Å². The van der Waals surface area contributed by atoms with E-state index in [4.69, 9.17) is 14.2 Å². The molecule has 2 aliphatic heterocycles. The van der Waals surface area contributed by atoms with E-state index in [0.717, 1.165) is 25.7 Å². The number of methoxy groups -OCH3 is 2. The van der Waals surface area contributed by atoms with Crippen molar-refractivity contribution in [2.24, 2.45) is 0 Å². The van der Waals surface area contributed by atoms with Crippen molar-refractivity contribution in [1.82, 2.24) is 10.2 Å². The predicted octanol–water partition coefficient (Wildman–Crippen LogP) is 3.43. The van der Waals surface area contributed by atoms with E-state index in [1.807, 2.05) is 4.90 Å². The van der Waals surface area contributed by atoms with Gasteiger partial charge in [0.05, 0.1) is 37.1 Å². The fraction of sp³-hybridized carbons (Fsp3) is 0.440. The molecule has 0 bridgehead atoms. The van der Waals surface area contributed by atoms with Gasteiger partial charge in [0, 0.05) is 19.6 Å². The summed E-state index contributed by atoms with van der Waals surface area (Å²) in [6, 6.07) is 11.1. The van der Waals surface area contributed by atoms with Gasteiger partial charge in [0.15, 0.2) is 0 Å². The first-order valence-corrected chi connectivity index (χ1v) is 11.2. The first kappa shape index (κ1) is 23.0. The summed E-state index contributed by atoms with van der Waals surface area (Å²) in [5.41, 5.74) is 0.224. The molecule has 7 nitrogen and oxygen atoms in total. The maximum Gasteiger partial charge on any atom is 0.257 e. The number of piperidine rings is 1. The van der Waals surface area contributed by atoms with Crippen molar-refractivity contribution in [3.8, 4) is 11.5 Å². The summed E-state index contributed by atoms with van der Waals surface area (Å²) in [5.74, 6) is 0.0528. The highest BCUT2D eigenvalue weighted by molar-refractivity contribution is 5.97. The molecular weight excluding hydrogens is 427 g/mol. The van der Waals surface area contributed by atoms with E-state index < -0.39 is 11.7 Å². The molecule has 33 heavy (non-hydrogen) atoms. The maximum atomic E-state index is 13.8. The van der Waals surface area contributed by atoms with Crippen LogP contribution in [0.1, 0.15) is 46.4 Å². The molecule has 1 atom stereocenters. The van der Waals surface area contributed by atoms with E-state index in [0.29, 0.717) is 36.7 Å². The number of likely N-dealkylation sites (tertiary alicyclic amines) is 1. The zero-order valence-electron chi connectivity index (χ0n) is 18.9. The second kappa shape index (κ2) is 9.79. The average Bonchev–Trinajstić information content (AvgIpc) is 3.24. The van der Waals surface area contributed by atoms with Crippen LogP contribution < -0.4 is 14.8 Å². The Morgan fingerprint density at radius 1 is 1.09 bits per heavy atom. The van der Waals surface area contributed by atoms with Gasteiger partial charge in [-0.1, -0.05) is 12.1 Å². The standard InChI is InChI=1S/C25H29FN2O5/c1-31-17-7-8-22(32-2)20(15-17)24(30)28-13-11-25(12-14-28)10-9-18(33-25)16-27-23(29)19-5-3-4-6-21(19)26/h3-8,15,18H,9-14,16H2,1-2H3,(H,27,29). The molecule has 2 heterocycles. The minimum Gasteiger partial charge on any atom is -0.497 e. The maximum absolute atomic E-state index is 13.8. The third kappa shape index (κ3) is 4.95. The number of ether oxygens (including phenoxy) is 3. The number of carbonyl (C=O) groups excluding carboxylic acids is 2. The smallest absolute Gasteiger partial charge is 0.257 e. The van der Waals surface area contributed by atoms with Crippen molar-refractivity contribution >= 4 is 11.8 Å². The molecule has 0 saturated carbocycles. The lowest BCUT2D eigenvalue weighted by Crippen LogP contribution is -2.47. The fourth-order valence-electron chi connectivity index (χ4n) is 4.62. The van der Waals surface area contributed by atoms with Crippen molar-refractivity contribution in [2.75, 3.05) is 33.9 Å². The van der Waals surface area contributed by atoms with E-state index in [1.54, 1.807) is 44.6 Å². The first-order valence-electron chi connectivity index (χ1n) is 11.2. The lowest BCUT2D eigenvalue weighted by Gasteiger charge is -2.39. The van der Waals surface area contributed by atoms with Gasteiger partial charge in [0.2, 0.25) is 0 Å². The number of rotatable bonds is 6. The topological polar surface area (TPSA) is 77.1 Å². The molecule has 0 radical (unpaired) electrons. The zero-order chi connectivity index (χ0) is 23.4. The Balaban J connectivity index is 1.31. The lowest BCUT2D eigenvalue weighted by molar-refractivity contribution is -0.0712. The molecule has 2 aliphatic rings. The average molecular weight is 457 g/mol. The highest BCUT2D eigenvalue weighted by Gasteiger charge is 2.43. The summed E-state index contributed by atoms with van der Waals surface area (Å²) in [5, 5.41) is 2.78. The van der Waals surface area contributed by atoms with E-state index >= 15 is 0 Å². The van der Waals surface area contributed by atoms with E-state index in [9.17, 15) is 14.0 Å². The van der Waals surface area contributed by atoms with Crippen LogP contribution in [-0.4, -0.2) is 62.3 Å². The largest absolute Gasteiger partial charge is 0.497 e. The minimum absolute atomic E-state index is 0.0324. The van der Waals surface area contributed by atoms with Crippen molar-refractivity contribution in [2.45, 2.75) is 37.4 Å². The summed E-state index contributed by atoms with van der Waals surface area (Å²) in [6.45, 7) is 1.49. The Morgan fingerprint density at radius 2 is 1.85 bits per heavy atom. The van der Waals surface area contributed by atoms with Gasteiger partial charge in [-0.2, -0.15) is 0 Å². The van der Waals surface area contributed by atoms with Gasteiger partial charge < -0.3 is 24.4 Å². The van der Waals surface area contributed by atoms with Gasteiger partial charge in [-0.15, -0.1) is 0 Å². The van der Waals surface area contributed by atoms with Crippen LogP contribution in [0.25, 0.3) is 0 Å². The summed E-state index contributed by atoms with van der Waals surface area (Å²) < 4.78 is 30.8. The van der Waals surface area contributed by atoms with Gasteiger partial charge in [-0.25, -0.2) is 4.39 Å². The van der Waals surface area contributed by atoms with Crippen molar-refractivity contribution in [1.29, 1.82) is 0 Å². The van der Waals surface area contributed by atoms with Crippen LogP contribution in [0.5, 0.6) is 11.5 Å². The molecule has 0 aromatic heterocycles. The number of benzene rings is 2. The summed E-state index contributed by atoms with van der Waals surface area (Å²) in [7, 11) is 3.11. The van der Waals surface area contributed by atoms with Crippen LogP contribution >= 0.6 is 0 Å². The van der Waals surface area contributed by atoms with Crippen LogP contribution in [0, 0.1) is 5.82 Å². The molecule has 4 rings (SSSR count). The molecule has 0 aliphatic carbocycles. The Labute approximate surface area is 192 Å². The van der Waals surface area contributed by atoms with E-state index in [1.165, 1.54) is 12.1 Å². The summed E-state index contributed by atoms with van der Waals surface area (Å²) in [4.78, 5) is 27.2. The van der Waals surface area contributed by atoms with Crippen molar-refractivity contribution < 1.29 is 28.2 Å². The fourth-order valence-corrected chi connectivity index (χ4v) is 4.62. The Hall–Kier alpha value is -3.13. The normalized spacial score (nSPS) is 19.4.